The van der Waals surface area contributed by atoms with E-state index < -0.39 is 8.60 Å². The summed E-state index contributed by atoms with van der Waals surface area (Å²) in [7, 11) is -1.43. The Balaban J connectivity index is 2.42. The topological polar surface area (TPSA) is 46.2 Å². The van der Waals surface area contributed by atoms with Crippen LogP contribution in [0, 0.1) is 0 Å². The molecule has 2 unspecified atom stereocenters. The highest BCUT2D eigenvalue weighted by Gasteiger charge is 2.16. The van der Waals surface area contributed by atoms with Gasteiger partial charge in [-0.05, 0) is 76.3 Å². The molecule has 0 saturated heterocycles. The summed E-state index contributed by atoms with van der Waals surface area (Å²) in [5.41, 5.74) is 0. The number of rotatable bonds is 46. The summed E-state index contributed by atoms with van der Waals surface area (Å²) in [5, 5.41) is 0. The molecule has 1 rings (SSSR count). The minimum absolute atomic E-state index is 0.379. The molecule has 0 spiro atoms. The number of para-hydroxylation sites is 1. The molecule has 1 aromatic carbocycles. The van der Waals surface area contributed by atoms with E-state index in [1.54, 1.807) is 0 Å². The van der Waals surface area contributed by atoms with Gasteiger partial charge in [0.2, 0.25) is 0 Å². The summed E-state index contributed by atoms with van der Waals surface area (Å²) >= 11 is 0. The predicted molar refractivity (Wildman–Crippen MR) is 245 cm³/mol. The second kappa shape index (κ2) is 43.9. The largest absolute Gasteiger partial charge is 0.427 e. The maximum atomic E-state index is 6.47. The van der Waals surface area contributed by atoms with Crippen LogP contribution in [-0.2, 0) is 18.5 Å². The summed E-state index contributed by atoms with van der Waals surface area (Å²) in [6.45, 7) is 12.3. The van der Waals surface area contributed by atoms with Gasteiger partial charge in [-0.2, -0.15) is 0 Å². The first kappa shape index (κ1) is 53.3. The van der Waals surface area contributed by atoms with Gasteiger partial charge in [0, 0.05) is 13.2 Å². The molecule has 0 bridgehead atoms. The second-order valence-electron chi connectivity index (χ2n) is 16.6. The Bertz CT molecular complexity index is 822. The van der Waals surface area contributed by atoms with Crippen LogP contribution in [0.4, 0.5) is 0 Å². The quantitative estimate of drug-likeness (QED) is 0.0485. The highest BCUT2D eigenvalue weighted by atomic mass is 31.2. The summed E-state index contributed by atoms with van der Waals surface area (Å²) in [6, 6.07) is 10.0. The Kier molecular flexibility index (Phi) is 41.7. The van der Waals surface area contributed by atoms with Crippen molar-refractivity contribution in [2.45, 2.75) is 258 Å². The number of benzene rings is 1. The summed E-state index contributed by atoms with van der Waals surface area (Å²) in [5.74, 6) is 0.813. The van der Waals surface area contributed by atoms with Crippen molar-refractivity contribution in [3.8, 4) is 5.75 Å². The number of unbranched alkanes of at least 4 members (excludes halogenated alkanes) is 24. The highest BCUT2D eigenvalue weighted by molar-refractivity contribution is 7.42. The van der Waals surface area contributed by atoms with E-state index in [1.165, 1.54) is 180 Å². The van der Waals surface area contributed by atoms with E-state index in [4.69, 9.17) is 23.0 Å². The molecule has 0 amide bonds. The first-order valence-corrected chi connectivity index (χ1v) is 25.8. The molecule has 6 heteroatoms. The van der Waals surface area contributed by atoms with Crippen molar-refractivity contribution in [3.63, 3.8) is 0 Å². The molecule has 56 heavy (non-hydrogen) atoms. The van der Waals surface area contributed by atoms with E-state index in [0.29, 0.717) is 25.4 Å². The van der Waals surface area contributed by atoms with Gasteiger partial charge < -0.3 is 23.0 Å². The normalized spacial score (nSPS) is 13.3. The van der Waals surface area contributed by atoms with Gasteiger partial charge in [-0.15, -0.1) is 0 Å². The number of hydrogen-bond acceptors (Lipinski definition) is 5. The van der Waals surface area contributed by atoms with Gasteiger partial charge in [-0.25, -0.2) is 0 Å². The molecular formula is C50H95O5P. The minimum Gasteiger partial charge on any atom is -0.427 e. The average molecular weight is 807 g/mol. The standard InChI is InChI=1S/C50H95O5P/c1-5-9-13-17-19-21-23-25-34-44-51-48(38-28-15-11-7-3)40-32-36-46-53-56(55-50-42-30-27-31-43-50)54-47-37-33-41-49(39-29-16-12-8-4)52-45-35-26-24-22-20-18-14-10-6-2/h27,30-31,42-43,48-49H,5-26,28-29,32-41,44-47H2,1-4H3. The van der Waals surface area contributed by atoms with E-state index in [9.17, 15) is 0 Å². The Hall–Kier alpha value is -0.710. The Morgan fingerprint density at radius 1 is 0.357 bits per heavy atom. The third-order valence-electron chi connectivity index (χ3n) is 11.1. The fourth-order valence-electron chi connectivity index (χ4n) is 7.43. The summed E-state index contributed by atoms with van der Waals surface area (Å²) in [4.78, 5) is 0. The lowest BCUT2D eigenvalue weighted by molar-refractivity contribution is 0.0348. The zero-order valence-corrected chi connectivity index (χ0v) is 38.8. The van der Waals surface area contributed by atoms with Crippen LogP contribution in [0.1, 0.15) is 246 Å². The zero-order valence-electron chi connectivity index (χ0n) is 37.9. The molecule has 0 radical (unpaired) electrons. The van der Waals surface area contributed by atoms with Crippen molar-refractivity contribution >= 4 is 8.60 Å². The molecule has 1 aromatic rings. The molecule has 0 aromatic heterocycles. The lowest BCUT2D eigenvalue weighted by Gasteiger charge is -2.20. The molecule has 0 saturated carbocycles. The summed E-state index contributed by atoms with van der Waals surface area (Å²) in [6.07, 6.45) is 44.5. The molecule has 0 fully saturated rings. The zero-order chi connectivity index (χ0) is 40.3. The van der Waals surface area contributed by atoms with E-state index >= 15 is 0 Å². The van der Waals surface area contributed by atoms with Crippen molar-refractivity contribution in [1.29, 1.82) is 0 Å². The van der Waals surface area contributed by atoms with Crippen LogP contribution >= 0.6 is 8.60 Å². The Morgan fingerprint density at radius 2 is 0.661 bits per heavy atom. The van der Waals surface area contributed by atoms with Gasteiger partial charge in [0.15, 0.2) is 0 Å². The van der Waals surface area contributed by atoms with Crippen LogP contribution < -0.4 is 4.52 Å². The predicted octanol–water partition coefficient (Wildman–Crippen LogP) is 17.4. The molecule has 2 atom stereocenters. The fourth-order valence-corrected chi connectivity index (χ4v) is 8.46. The fraction of sp³-hybridized carbons (Fsp3) is 0.880. The van der Waals surface area contributed by atoms with Gasteiger partial charge in [0.25, 0.3) is 0 Å². The van der Waals surface area contributed by atoms with Crippen LogP contribution in [0.5, 0.6) is 5.75 Å². The number of ether oxygens (including phenoxy) is 2. The van der Waals surface area contributed by atoms with Crippen molar-refractivity contribution in [2.24, 2.45) is 0 Å². The second-order valence-corrected chi connectivity index (χ2v) is 17.8. The average Bonchev–Trinajstić information content (AvgIpc) is 3.21. The lowest BCUT2D eigenvalue weighted by atomic mass is 10.0. The van der Waals surface area contributed by atoms with Crippen molar-refractivity contribution < 1.29 is 23.0 Å². The first-order chi connectivity index (χ1) is 27.7. The van der Waals surface area contributed by atoms with Gasteiger partial charge in [-0.3, -0.25) is 0 Å². The van der Waals surface area contributed by atoms with E-state index in [-0.39, 0.29) is 0 Å². The van der Waals surface area contributed by atoms with Crippen LogP contribution in [0.25, 0.3) is 0 Å². The van der Waals surface area contributed by atoms with Crippen LogP contribution in [0.3, 0.4) is 0 Å². The molecular weight excluding hydrogens is 712 g/mol. The third kappa shape index (κ3) is 36.4. The maximum Gasteiger partial charge on any atom is 0.397 e. The van der Waals surface area contributed by atoms with Gasteiger partial charge in [0.05, 0.1) is 25.4 Å². The number of hydrogen-bond donors (Lipinski definition) is 0. The molecule has 0 heterocycles. The van der Waals surface area contributed by atoms with E-state index in [0.717, 1.165) is 57.5 Å². The van der Waals surface area contributed by atoms with Crippen molar-refractivity contribution in [3.05, 3.63) is 30.3 Å². The van der Waals surface area contributed by atoms with Crippen LogP contribution in [0.2, 0.25) is 0 Å². The Labute approximate surface area is 351 Å². The van der Waals surface area contributed by atoms with Gasteiger partial charge in [0.1, 0.15) is 5.75 Å². The molecule has 0 aliphatic rings. The molecule has 5 nitrogen and oxygen atoms in total. The lowest BCUT2D eigenvalue weighted by Crippen LogP contribution is -2.14. The minimum atomic E-state index is -1.43. The first-order valence-electron chi connectivity index (χ1n) is 24.8. The molecule has 0 N–H and O–H groups in total. The molecule has 0 aliphatic heterocycles. The van der Waals surface area contributed by atoms with Gasteiger partial charge in [-0.1, -0.05) is 200 Å². The Morgan fingerprint density at radius 3 is 1.04 bits per heavy atom. The van der Waals surface area contributed by atoms with Crippen LogP contribution in [-0.4, -0.2) is 38.6 Å². The van der Waals surface area contributed by atoms with Crippen molar-refractivity contribution in [2.75, 3.05) is 26.4 Å². The molecule has 0 aliphatic carbocycles. The van der Waals surface area contributed by atoms with E-state index in [2.05, 4.69) is 27.7 Å². The maximum absolute atomic E-state index is 6.47. The molecule has 330 valence electrons. The van der Waals surface area contributed by atoms with Crippen molar-refractivity contribution in [1.82, 2.24) is 0 Å². The smallest absolute Gasteiger partial charge is 0.397 e. The van der Waals surface area contributed by atoms with Crippen LogP contribution in [0.15, 0.2) is 30.3 Å². The monoisotopic (exact) mass is 807 g/mol. The van der Waals surface area contributed by atoms with Gasteiger partial charge >= 0.3 is 8.60 Å². The summed E-state index contributed by atoms with van der Waals surface area (Å²) < 4.78 is 31.7. The SMILES string of the molecule is CCCCCCCCCCCOC(CCCCCC)CCCCOP(OCCCCC(CCCCCC)OCCCCCCCCCCC)Oc1ccccc1. The highest BCUT2D eigenvalue weighted by Crippen LogP contribution is 2.41. The van der Waals surface area contributed by atoms with E-state index in [1.807, 2.05) is 30.3 Å². The third-order valence-corrected chi connectivity index (χ3v) is 12.3.